The second kappa shape index (κ2) is 4.37. The zero-order valence-electron chi connectivity index (χ0n) is 10.3. The molecule has 0 saturated heterocycles. The van der Waals surface area contributed by atoms with Crippen molar-refractivity contribution in [2.45, 2.75) is 38.6 Å². The van der Waals surface area contributed by atoms with E-state index in [2.05, 4.69) is 18.3 Å². The van der Waals surface area contributed by atoms with Gasteiger partial charge in [0.05, 0.1) is 6.07 Å². The van der Waals surface area contributed by atoms with Gasteiger partial charge in [0.15, 0.2) is 0 Å². The molecule has 1 aliphatic carbocycles. The highest BCUT2D eigenvalue weighted by atomic mass is 19.1. The summed E-state index contributed by atoms with van der Waals surface area (Å²) in [6, 6.07) is 7.18. The lowest BCUT2D eigenvalue weighted by molar-refractivity contribution is 0.557. The Kier molecular flexibility index (Phi) is 3.06. The van der Waals surface area contributed by atoms with E-state index in [9.17, 15) is 9.65 Å². The van der Waals surface area contributed by atoms with Crippen LogP contribution in [0.25, 0.3) is 0 Å². The van der Waals surface area contributed by atoms with Crippen molar-refractivity contribution in [3.8, 4) is 6.07 Å². The van der Waals surface area contributed by atoms with Gasteiger partial charge in [-0.3, -0.25) is 0 Å². The van der Waals surface area contributed by atoms with Crippen LogP contribution < -0.4 is 5.32 Å². The molecule has 0 heterocycles. The van der Waals surface area contributed by atoms with Gasteiger partial charge in [0.25, 0.3) is 0 Å². The van der Waals surface area contributed by atoms with E-state index in [1.54, 1.807) is 0 Å². The van der Waals surface area contributed by atoms with E-state index in [1.807, 2.05) is 13.0 Å². The first-order chi connectivity index (χ1) is 8.03. The molecule has 2 atom stereocenters. The van der Waals surface area contributed by atoms with Crippen molar-refractivity contribution in [2.75, 3.05) is 5.32 Å². The number of hydrogen-bond donors (Lipinski definition) is 1. The molecule has 2 unspecified atom stereocenters. The van der Waals surface area contributed by atoms with Crippen molar-refractivity contribution in [1.29, 1.82) is 5.26 Å². The minimum absolute atomic E-state index is 0.258. The number of nitriles is 1. The maximum atomic E-state index is 13.3. The lowest BCUT2D eigenvalue weighted by Crippen LogP contribution is -2.33. The summed E-state index contributed by atoms with van der Waals surface area (Å²) in [5, 5.41) is 12.5. The summed E-state index contributed by atoms with van der Waals surface area (Å²) in [7, 11) is 0. The summed E-state index contributed by atoms with van der Waals surface area (Å²) in [5.74, 6) is 0.295. The normalized spacial score (nSPS) is 27.8. The second-order valence-electron chi connectivity index (χ2n) is 5.18. The first kappa shape index (κ1) is 11.9. The Bertz CT molecular complexity index is 444. The lowest BCUT2D eigenvalue weighted by atomic mass is 9.97. The topological polar surface area (TPSA) is 35.8 Å². The molecular weight excluding hydrogens is 215 g/mol. The first-order valence-electron chi connectivity index (χ1n) is 6.00. The van der Waals surface area contributed by atoms with Gasteiger partial charge in [0.1, 0.15) is 11.4 Å². The molecule has 0 aromatic heterocycles. The molecule has 2 nitrogen and oxygen atoms in total. The van der Waals surface area contributed by atoms with Crippen molar-refractivity contribution < 1.29 is 4.39 Å². The minimum atomic E-state index is -0.514. The highest BCUT2D eigenvalue weighted by Gasteiger charge is 2.37. The number of rotatable bonds is 2. The third kappa shape index (κ3) is 2.58. The van der Waals surface area contributed by atoms with Gasteiger partial charge in [-0.25, -0.2) is 4.39 Å². The van der Waals surface area contributed by atoms with Crippen LogP contribution in [0.3, 0.4) is 0 Å². The zero-order chi connectivity index (χ0) is 12.5. The molecule has 2 rings (SSSR count). The Morgan fingerprint density at radius 1 is 1.47 bits per heavy atom. The fourth-order valence-corrected chi connectivity index (χ4v) is 2.62. The van der Waals surface area contributed by atoms with Crippen LogP contribution in [-0.2, 0) is 0 Å². The van der Waals surface area contributed by atoms with Crippen molar-refractivity contribution in [2.24, 2.45) is 5.92 Å². The van der Waals surface area contributed by atoms with Gasteiger partial charge < -0.3 is 5.32 Å². The summed E-state index contributed by atoms with van der Waals surface area (Å²) in [4.78, 5) is 0. The molecule has 1 aromatic carbocycles. The third-order valence-corrected chi connectivity index (χ3v) is 3.40. The smallest absolute Gasteiger partial charge is 0.125 e. The number of benzene rings is 1. The van der Waals surface area contributed by atoms with E-state index < -0.39 is 5.54 Å². The molecule has 3 heteroatoms. The number of anilines is 1. The third-order valence-electron chi connectivity index (χ3n) is 3.40. The first-order valence-corrected chi connectivity index (χ1v) is 6.00. The van der Waals surface area contributed by atoms with Crippen LogP contribution in [0.2, 0.25) is 0 Å². The molecule has 0 aliphatic heterocycles. The minimum Gasteiger partial charge on any atom is -0.367 e. The van der Waals surface area contributed by atoms with Gasteiger partial charge in [0, 0.05) is 5.69 Å². The Hall–Kier alpha value is -1.56. The zero-order valence-corrected chi connectivity index (χ0v) is 10.3. The Labute approximate surface area is 101 Å². The van der Waals surface area contributed by atoms with Gasteiger partial charge in [-0.1, -0.05) is 6.92 Å². The molecule has 0 radical (unpaired) electrons. The van der Waals surface area contributed by atoms with Gasteiger partial charge in [-0.15, -0.1) is 0 Å². The Morgan fingerprint density at radius 2 is 2.24 bits per heavy atom. The highest BCUT2D eigenvalue weighted by Crippen LogP contribution is 2.36. The highest BCUT2D eigenvalue weighted by molar-refractivity contribution is 5.50. The molecule has 1 saturated carbocycles. The van der Waals surface area contributed by atoms with Crippen LogP contribution in [0.1, 0.15) is 31.7 Å². The SMILES string of the molecule is Cc1cc(F)cc(NC2(C#N)CCC(C)C2)c1. The van der Waals surface area contributed by atoms with Gasteiger partial charge in [-0.05, 0) is 55.9 Å². The average Bonchev–Trinajstić information content (AvgIpc) is 2.59. The molecule has 1 aromatic rings. The predicted octanol–water partition coefficient (Wildman–Crippen LogP) is 3.63. The molecular formula is C14H17FN2. The predicted molar refractivity (Wildman–Crippen MR) is 66.1 cm³/mol. The van der Waals surface area contributed by atoms with E-state index >= 15 is 0 Å². The van der Waals surface area contributed by atoms with Crippen molar-refractivity contribution >= 4 is 5.69 Å². The van der Waals surface area contributed by atoms with E-state index in [-0.39, 0.29) is 5.82 Å². The standard InChI is InChI=1S/C14H17FN2/c1-10-3-4-14(8-10,9-16)17-13-6-11(2)5-12(15)7-13/h5-7,10,17H,3-4,8H2,1-2H3. The van der Waals surface area contributed by atoms with Crippen LogP contribution in [0.5, 0.6) is 0 Å². The summed E-state index contributed by atoms with van der Waals surface area (Å²) < 4.78 is 13.3. The number of halogens is 1. The number of nitrogens with one attached hydrogen (secondary N) is 1. The van der Waals surface area contributed by atoms with Crippen LogP contribution in [-0.4, -0.2) is 5.54 Å². The molecule has 90 valence electrons. The Morgan fingerprint density at radius 3 is 2.76 bits per heavy atom. The quantitative estimate of drug-likeness (QED) is 0.845. The number of hydrogen-bond acceptors (Lipinski definition) is 2. The average molecular weight is 232 g/mol. The summed E-state index contributed by atoms with van der Waals surface area (Å²) in [5.41, 5.74) is 1.06. The molecule has 0 bridgehead atoms. The number of nitrogens with zero attached hydrogens (tertiary/aromatic N) is 1. The van der Waals surface area contributed by atoms with Crippen LogP contribution in [0, 0.1) is 30.0 Å². The van der Waals surface area contributed by atoms with E-state index in [0.29, 0.717) is 11.6 Å². The summed E-state index contributed by atoms with van der Waals surface area (Å²) in [6.45, 7) is 4.00. The van der Waals surface area contributed by atoms with E-state index in [1.165, 1.54) is 12.1 Å². The Balaban J connectivity index is 2.22. The van der Waals surface area contributed by atoms with Crippen molar-refractivity contribution in [3.05, 3.63) is 29.6 Å². The molecule has 0 spiro atoms. The molecule has 17 heavy (non-hydrogen) atoms. The van der Waals surface area contributed by atoms with Gasteiger partial charge >= 0.3 is 0 Å². The molecule has 0 amide bonds. The van der Waals surface area contributed by atoms with Crippen LogP contribution in [0.15, 0.2) is 18.2 Å². The fraction of sp³-hybridized carbons (Fsp3) is 0.500. The van der Waals surface area contributed by atoms with E-state index in [0.717, 1.165) is 24.8 Å². The number of aryl methyl sites for hydroxylation is 1. The van der Waals surface area contributed by atoms with Crippen molar-refractivity contribution in [1.82, 2.24) is 0 Å². The lowest BCUT2D eigenvalue weighted by Gasteiger charge is -2.24. The maximum Gasteiger partial charge on any atom is 0.125 e. The van der Waals surface area contributed by atoms with Crippen LogP contribution in [0.4, 0.5) is 10.1 Å². The largest absolute Gasteiger partial charge is 0.367 e. The summed E-state index contributed by atoms with van der Waals surface area (Å²) >= 11 is 0. The van der Waals surface area contributed by atoms with Crippen LogP contribution >= 0.6 is 0 Å². The summed E-state index contributed by atoms with van der Waals surface area (Å²) in [6.07, 6.45) is 2.72. The van der Waals surface area contributed by atoms with Gasteiger partial charge in [0.2, 0.25) is 0 Å². The molecule has 1 aliphatic rings. The van der Waals surface area contributed by atoms with Crippen molar-refractivity contribution in [3.63, 3.8) is 0 Å². The maximum absolute atomic E-state index is 13.3. The fourth-order valence-electron chi connectivity index (χ4n) is 2.62. The molecule has 1 N–H and O–H groups in total. The van der Waals surface area contributed by atoms with Gasteiger partial charge in [-0.2, -0.15) is 5.26 Å². The van der Waals surface area contributed by atoms with E-state index in [4.69, 9.17) is 0 Å². The molecule has 1 fully saturated rings. The second-order valence-corrected chi connectivity index (χ2v) is 5.18. The monoisotopic (exact) mass is 232 g/mol.